The number of rotatable bonds is 7. The Kier molecular flexibility index (Phi) is 8.22. The van der Waals surface area contributed by atoms with Crippen molar-refractivity contribution >= 4 is 18.3 Å². The predicted molar refractivity (Wildman–Crippen MR) is 105 cm³/mol. The van der Waals surface area contributed by atoms with Crippen LogP contribution in [0.5, 0.6) is 0 Å². The Morgan fingerprint density at radius 2 is 2.04 bits per heavy atom. The molecule has 1 aliphatic heterocycles. The average Bonchev–Trinajstić information content (AvgIpc) is 3.08. The fourth-order valence-corrected chi connectivity index (χ4v) is 3.36. The molecule has 1 aliphatic rings. The van der Waals surface area contributed by atoms with Crippen molar-refractivity contribution in [2.75, 3.05) is 26.2 Å². The molecule has 0 radical (unpaired) electrons. The van der Waals surface area contributed by atoms with Crippen LogP contribution in [0.3, 0.4) is 0 Å². The minimum atomic E-state index is -0.231. The smallest absolute Gasteiger partial charge is 0.224 e. The van der Waals surface area contributed by atoms with Crippen LogP contribution in [0.2, 0.25) is 0 Å². The molecule has 0 bridgehead atoms. The molecule has 1 fully saturated rings. The van der Waals surface area contributed by atoms with Crippen LogP contribution in [0.15, 0.2) is 36.7 Å². The fourth-order valence-electron chi connectivity index (χ4n) is 3.36. The van der Waals surface area contributed by atoms with Gasteiger partial charge in [0.2, 0.25) is 5.91 Å². The van der Waals surface area contributed by atoms with Gasteiger partial charge in [0.05, 0.1) is 18.7 Å². The normalized spacial score (nSPS) is 17.3. The highest BCUT2D eigenvalue weighted by molar-refractivity contribution is 5.85. The number of likely N-dealkylation sites (tertiary alicyclic amines) is 1. The summed E-state index contributed by atoms with van der Waals surface area (Å²) in [6, 6.07) is 6.46. The molecule has 1 amide bonds. The van der Waals surface area contributed by atoms with Gasteiger partial charge in [-0.1, -0.05) is 12.1 Å². The van der Waals surface area contributed by atoms with Crippen LogP contribution in [-0.2, 0) is 17.9 Å². The van der Waals surface area contributed by atoms with Gasteiger partial charge in [-0.2, -0.15) is 5.10 Å². The molecule has 0 aliphatic carbocycles. The van der Waals surface area contributed by atoms with E-state index < -0.39 is 0 Å². The second-order valence-electron chi connectivity index (χ2n) is 6.83. The molecule has 1 aromatic heterocycles. The number of nitrogens with two attached hydrogens (primary N) is 1. The van der Waals surface area contributed by atoms with Crippen LogP contribution >= 0.6 is 12.4 Å². The highest BCUT2D eigenvalue weighted by Gasteiger charge is 2.25. The largest absolute Gasteiger partial charge is 0.355 e. The molecule has 148 valence electrons. The topological polar surface area (TPSA) is 76.2 Å². The fraction of sp³-hybridized carbons (Fsp3) is 0.474. The van der Waals surface area contributed by atoms with Crippen LogP contribution in [0.1, 0.15) is 24.0 Å². The zero-order valence-electron chi connectivity index (χ0n) is 15.3. The van der Waals surface area contributed by atoms with Gasteiger partial charge >= 0.3 is 0 Å². The van der Waals surface area contributed by atoms with Gasteiger partial charge in [-0.3, -0.25) is 14.4 Å². The minimum absolute atomic E-state index is 0. The molecule has 3 rings (SSSR count). The van der Waals surface area contributed by atoms with E-state index in [0.717, 1.165) is 43.6 Å². The summed E-state index contributed by atoms with van der Waals surface area (Å²) >= 11 is 0. The Bertz CT molecular complexity index is 721. The van der Waals surface area contributed by atoms with E-state index in [4.69, 9.17) is 5.73 Å². The first-order valence-corrected chi connectivity index (χ1v) is 9.10. The van der Waals surface area contributed by atoms with Gasteiger partial charge in [-0.05, 0) is 37.1 Å². The second-order valence-corrected chi connectivity index (χ2v) is 6.83. The van der Waals surface area contributed by atoms with E-state index in [1.807, 2.05) is 17.1 Å². The molecule has 8 heteroatoms. The Morgan fingerprint density at radius 3 is 2.78 bits per heavy atom. The number of hydrogen-bond donors (Lipinski definition) is 2. The van der Waals surface area contributed by atoms with Crippen molar-refractivity contribution in [1.29, 1.82) is 0 Å². The van der Waals surface area contributed by atoms with Gasteiger partial charge in [-0.25, -0.2) is 4.39 Å². The highest BCUT2D eigenvalue weighted by Crippen LogP contribution is 2.19. The van der Waals surface area contributed by atoms with Gasteiger partial charge in [-0.15, -0.1) is 12.4 Å². The zero-order chi connectivity index (χ0) is 18.4. The number of carbonyl (C=O) groups is 1. The van der Waals surface area contributed by atoms with Gasteiger partial charge in [0, 0.05) is 37.9 Å². The number of halogens is 2. The highest BCUT2D eigenvalue weighted by atomic mass is 35.5. The summed E-state index contributed by atoms with van der Waals surface area (Å²) in [4.78, 5) is 14.5. The molecule has 1 saturated heterocycles. The molecule has 3 N–H and O–H groups in total. The Labute approximate surface area is 165 Å². The van der Waals surface area contributed by atoms with E-state index in [1.165, 1.54) is 12.1 Å². The van der Waals surface area contributed by atoms with Gasteiger partial charge in [0.1, 0.15) is 5.82 Å². The van der Waals surface area contributed by atoms with Crippen LogP contribution in [0.4, 0.5) is 4.39 Å². The number of nitrogens with one attached hydrogen (secondary N) is 1. The lowest BCUT2D eigenvalue weighted by Crippen LogP contribution is -2.43. The number of nitrogens with zero attached hydrogens (tertiary/aromatic N) is 3. The van der Waals surface area contributed by atoms with Crippen LogP contribution in [0, 0.1) is 11.7 Å². The Morgan fingerprint density at radius 1 is 1.26 bits per heavy atom. The van der Waals surface area contributed by atoms with E-state index >= 15 is 0 Å². The molecule has 6 nitrogen and oxygen atoms in total. The zero-order valence-corrected chi connectivity index (χ0v) is 16.1. The van der Waals surface area contributed by atoms with Crippen molar-refractivity contribution < 1.29 is 9.18 Å². The molecule has 2 heterocycles. The van der Waals surface area contributed by atoms with Crippen LogP contribution in [-0.4, -0.2) is 46.8 Å². The number of hydrogen-bond acceptors (Lipinski definition) is 4. The Balaban J connectivity index is 0.00000261. The van der Waals surface area contributed by atoms with Crippen LogP contribution < -0.4 is 11.1 Å². The second kappa shape index (κ2) is 10.4. The summed E-state index contributed by atoms with van der Waals surface area (Å²) in [6.45, 7) is 4.15. The van der Waals surface area contributed by atoms with Crippen molar-refractivity contribution in [2.45, 2.75) is 25.9 Å². The van der Waals surface area contributed by atoms with Crippen molar-refractivity contribution in [3.05, 3.63) is 53.6 Å². The lowest BCUT2D eigenvalue weighted by Gasteiger charge is -2.31. The lowest BCUT2D eigenvalue weighted by molar-refractivity contribution is -0.126. The first-order valence-electron chi connectivity index (χ1n) is 9.10. The first kappa shape index (κ1) is 21.3. The van der Waals surface area contributed by atoms with Crippen molar-refractivity contribution in [2.24, 2.45) is 11.7 Å². The molecular weight excluding hydrogens is 369 g/mol. The van der Waals surface area contributed by atoms with Crippen molar-refractivity contribution in [3.8, 4) is 0 Å². The van der Waals surface area contributed by atoms with E-state index in [1.54, 1.807) is 12.1 Å². The monoisotopic (exact) mass is 395 g/mol. The quantitative estimate of drug-likeness (QED) is 0.749. The number of carbonyl (C=O) groups excluding carboxylic acids is 1. The lowest BCUT2D eigenvalue weighted by atomic mass is 9.97. The van der Waals surface area contributed by atoms with Gasteiger partial charge in [0.15, 0.2) is 0 Å². The number of benzene rings is 1. The molecule has 0 spiro atoms. The molecule has 1 aromatic carbocycles. The summed E-state index contributed by atoms with van der Waals surface area (Å²) in [6.07, 6.45) is 5.82. The van der Waals surface area contributed by atoms with E-state index in [0.29, 0.717) is 19.6 Å². The summed E-state index contributed by atoms with van der Waals surface area (Å²) in [7, 11) is 0. The molecule has 2 aromatic rings. The molecule has 0 saturated carbocycles. The summed E-state index contributed by atoms with van der Waals surface area (Å²) in [5.74, 6) is -0.0956. The first-order chi connectivity index (χ1) is 12.6. The SMILES string of the molecule is Cl.NCCNC(=O)C1CCCN(Cc2cnn(Cc3ccc(F)cc3)c2)C1. The molecule has 1 unspecified atom stereocenters. The standard InChI is InChI=1S/C19H26FN5O.ClH/c20-18-5-3-15(4-6-18)12-25-13-16(10-23-25)11-24-9-1-2-17(14-24)19(26)22-8-7-21;/h3-6,10,13,17H,1-2,7-9,11-12,14,21H2,(H,22,26);1H. The number of amides is 1. The number of aromatic nitrogens is 2. The third-order valence-electron chi connectivity index (χ3n) is 4.67. The van der Waals surface area contributed by atoms with Crippen molar-refractivity contribution in [1.82, 2.24) is 20.0 Å². The average molecular weight is 396 g/mol. The van der Waals surface area contributed by atoms with Gasteiger partial charge < -0.3 is 11.1 Å². The maximum Gasteiger partial charge on any atom is 0.224 e. The Hall–Kier alpha value is -1.96. The summed E-state index contributed by atoms with van der Waals surface area (Å²) in [5.41, 5.74) is 7.58. The third kappa shape index (κ3) is 6.30. The van der Waals surface area contributed by atoms with E-state index in [9.17, 15) is 9.18 Å². The van der Waals surface area contributed by atoms with Crippen molar-refractivity contribution in [3.63, 3.8) is 0 Å². The summed E-state index contributed by atoms with van der Waals surface area (Å²) in [5, 5.41) is 7.29. The third-order valence-corrected chi connectivity index (χ3v) is 4.67. The number of piperidine rings is 1. The molecule has 27 heavy (non-hydrogen) atoms. The predicted octanol–water partition coefficient (Wildman–Crippen LogP) is 1.78. The molecular formula is C19H27ClFN5O. The van der Waals surface area contributed by atoms with Gasteiger partial charge in [0.25, 0.3) is 0 Å². The van der Waals surface area contributed by atoms with E-state index in [-0.39, 0.29) is 30.0 Å². The maximum absolute atomic E-state index is 13.0. The molecule has 1 atom stereocenters. The minimum Gasteiger partial charge on any atom is -0.355 e. The summed E-state index contributed by atoms with van der Waals surface area (Å²) < 4.78 is 14.8. The van der Waals surface area contributed by atoms with E-state index in [2.05, 4.69) is 15.3 Å². The van der Waals surface area contributed by atoms with Crippen LogP contribution in [0.25, 0.3) is 0 Å². The maximum atomic E-state index is 13.0.